The first kappa shape index (κ1) is 29.1. The van der Waals surface area contributed by atoms with Crippen molar-refractivity contribution in [1.29, 1.82) is 0 Å². The third-order valence-corrected chi connectivity index (χ3v) is 6.74. The number of likely N-dealkylation sites (tertiary alicyclic amines) is 1. The van der Waals surface area contributed by atoms with Crippen molar-refractivity contribution < 1.29 is 28.7 Å². The molecule has 1 saturated heterocycles. The molecule has 2 heterocycles. The Labute approximate surface area is 238 Å². The van der Waals surface area contributed by atoms with Gasteiger partial charge in [-0.1, -0.05) is 42.5 Å². The normalized spacial score (nSPS) is 16.7. The van der Waals surface area contributed by atoms with E-state index < -0.39 is 35.9 Å². The van der Waals surface area contributed by atoms with Crippen molar-refractivity contribution >= 4 is 23.9 Å². The molecule has 0 radical (unpaired) electrons. The summed E-state index contributed by atoms with van der Waals surface area (Å²) in [6.45, 7) is 4.17. The van der Waals surface area contributed by atoms with Gasteiger partial charge >= 0.3 is 12.1 Å². The molecule has 0 aliphatic carbocycles. The molecule has 11 heteroatoms. The van der Waals surface area contributed by atoms with Crippen molar-refractivity contribution in [1.82, 2.24) is 25.8 Å². The lowest BCUT2D eigenvalue weighted by atomic mass is 9.82. The average molecular weight is 560 g/mol. The molecular weight excluding hydrogens is 526 g/mol. The van der Waals surface area contributed by atoms with Gasteiger partial charge in [-0.05, 0) is 55.2 Å². The first-order valence-electron chi connectivity index (χ1n) is 13.3. The molecule has 0 saturated carbocycles. The molecular formula is C30H33N5O6. The van der Waals surface area contributed by atoms with Gasteiger partial charge in [0.1, 0.15) is 11.8 Å². The number of ether oxygens (including phenoxy) is 2. The Kier molecular flexibility index (Phi) is 9.51. The summed E-state index contributed by atoms with van der Waals surface area (Å²) in [6, 6.07) is 17.8. The Balaban J connectivity index is 1.38. The van der Waals surface area contributed by atoms with Crippen LogP contribution in [0.15, 0.2) is 72.9 Å². The molecule has 2 aromatic carbocycles. The van der Waals surface area contributed by atoms with Crippen LogP contribution in [0, 0.1) is 5.92 Å². The highest BCUT2D eigenvalue weighted by Gasteiger charge is 2.54. The van der Waals surface area contributed by atoms with E-state index in [0.717, 1.165) is 16.0 Å². The summed E-state index contributed by atoms with van der Waals surface area (Å²) in [6.07, 6.45) is 0.920. The van der Waals surface area contributed by atoms with Crippen molar-refractivity contribution in [2.45, 2.75) is 38.9 Å². The summed E-state index contributed by atoms with van der Waals surface area (Å²) in [5.74, 6) is -0.887. The quantitative estimate of drug-likeness (QED) is 0.324. The van der Waals surface area contributed by atoms with E-state index in [9.17, 15) is 19.2 Å². The summed E-state index contributed by atoms with van der Waals surface area (Å²) in [4.78, 5) is 56.4. The minimum absolute atomic E-state index is 0.0438. The minimum Gasteiger partial charge on any atom is -0.497 e. The van der Waals surface area contributed by atoms with Gasteiger partial charge in [-0.3, -0.25) is 14.5 Å². The molecule has 41 heavy (non-hydrogen) atoms. The Morgan fingerprint density at radius 1 is 1.00 bits per heavy atom. The highest BCUT2D eigenvalue weighted by Crippen LogP contribution is 2.31. The van der Waals surface area contributed by atoms with Crippen LogP contribution in [0.25, 0.3) is 0 Å². The fourth-order valence-corrected chi connectivity index (χ4v) is 4.57. The lowest BCUT2D eigenvalue weighted by molar-refractivity contribution is -0.157. The van der Waals surface area contributed by atoms with Gasteiger partial charge in [0.05, 0.1) is 19.1 Å². The molecule has 3 N–H and O–H groups in total. The Morgan fingerprint density at radius 3 is 2.41 bits per heavy atom. The molecule has 0 bridgehead atoms. The van der Waals surface area contributed by atoms with E-state index >= 15 is 0 Å². The van der Waals surface area contributed by atoms with E-state index in [-0.39, 0.29) is 24.9 Å². The fraction of sp³-hybridized carbons (Fsp3) is 0.300. The van der Waals surface area contributed by atoms with Gasteiger partial charge in [-0.25, -0.2) is 14.6 Å². The first-order valence-corrected chi connectivity index (χ1v) is 13.3. The van der Waals surface area contributed by atoms with Crippen molar-refractivity contribution in [3.8, 4) is 11.6 Å². The molecule has 3 aromatic rings. The fourth-order valence-electron chi connectivity index (χ4n) is 4.57. The number of nitrogens with zero attached hydrogens (tertiary/aromatic N) is 2. The molecule has 1 unspecified atom stereocenters. The van der Waals surface area contributed by atoms with Gasteiger partial charge in [0.25, 0.3) is 0 Å². The molecule has 1 aliphatic heterocycles. The van der Waals surface area contributed by atoms with Crippen molar-refractivity contribution in [3.63, 3.8) is 0 Å². The average Bonchev–Trinajstić information content (AvgIpc) is 2.98. The van der Waals surface area contributed by atoms with E-state index in [1.807, 2.05) is 49.4 Å². The van der Waals surface area contributed by atoms with Crippen LogP contribution in [0.2, 0.25) is 0 Å². The largest absolute Gasteiger partial charge is 0.497 e. The molecule has 4 rings (SSSR count). The van der Waals surface area contributed by atoms with E-state index in [4.69, 9.17) is 9.47 Å². The third kappa shape index (κ3) is 7.18. The maximum Gasteiger partial charge on any atom is 0.414 e. The monoisotopic (exact) mass is 559 g/mol. The summed E-state index contributed by atoms with van der Waals surface area (Å²) in [7, 11) is 1.58. The van der Waals surface area contributed by atoms with Crippen molar-refractivity contribution in [2.75, 3.05) is 13.7 Å². The molecule has 1 aromatic heterocycles. The summed E-state index contributed by atoms with van der Waals surface area (Å²) in [5, 5.41) is 8.18. The second-order valence-electron chi connectivity index (χ2n) is 9.53. The van der Waals surface area contributed by atoms with Gasteiger partial charge in [0, 0.05) is 25.4 Å². The molecule has 5 amide bonds. The van der Waals surface area contributed by atoms with Crippen LogP contribution in [0.5, 0.6) is 11.6 Å². The number of aromatic nitrogens is 1. The minimum atomic E-state index is -0.976. The number of benzene rings is 2. The van der Waals surface area contributed by atoms with E-state index in [1.54, 1.807) is 32.2 Å². The standard InChI is InChI=1S/C30H33N5O6/c1-4-31-27(36)26-24(28(37)35(26)29(38)34-19(2)22-8-6-5-7-9-22)16-21-14-15-32-25(17-21)41-30(39)33-18-20-10-12-23(40-3)13-11-20/h5-15,17,19,24,26H,4,16,18H2,1-3H3,(H,31,36)(H,33,39)(H,34,38)/t19?,24-,26+/m1/s1. The number of amides is 5. The number of likely N-dealkylation sites (N-methyl/N-ethyl adjacent to an activating group) is 1. The zero-order valence-electron chi connectivity index (χ0n) is 23.1. The number of methoxy groups -OCH3 is 1. The zero-order valence-corrected chi connectivity index (χ0v) is 23.1. The highest BCUT2D eigenvalue weighted by molar-refractivity contribution is 6.09. The third-order valence-electron chi connectivity index (χ3n) is 6.74. The Morgan fingerprint density at radius 2 is 1.73 bits per heavy atom. The summed E-state index contributed by atoms with van der Waals surface area (Å²) >= 11 is 0. The maximum absolute atomic E-state index is 13.1. The second kappa shape index (κ2) is 13.4. The number of carbonyl (C=O) groups excluding carboxylic acids is 4. The van der Waals surface area contributed by atoms with Crippen LogP contribution in [0.4, 0.5) is 9.59 Å². The molecule has 3 atom stereocenters. The van der Waals surface area contributed by atoms with E-state index in [0.29, 0.717) is 17.9 Å². The predicted octanol–water partition coefficient (Wildman–Crippen LogP) is 3.36. The SMILES string of the molecule is CCNC(=O)[C@@H]1[C@@H](Cc2ccnc(OC(=O)NCc3ccc(OC)cc3)c2)C(=O)N1C(=O)NC(C)c1ccccc1. The number of hydrogen-bond acceptors (Lipinski definition) is 7. The molecule has 1 aliphatic rings. The lowest BCUT2D eigenvalue weighted by Crippen LogP contribution is -2.70. The zero-order chi connectivity index (χ0) is 29.4. The Bertz CT molecular complexity index is 1380. The van der Waals surface area contributed by atoms with Gasteiger partial charge in [-0.2, -0.15) is 0 Å². The second-order valence-corrected chi connectivity index (χ2v) is 9.53. The molecule has 214 valence electrons. The van der Waals surface area contributed by atoms with Gasteiger partial charge in [0.2, 0.25) is 17.7 Å². The Hall–Kier alpha value is -4.93. The van der Waals surface area contributed by atoms with Gasteiger partial charge in [0.15, 0.2) is 0 Å². The molecule has 0 spiro atoms. The topological polar surface area (TPSA) is 139 Å². The molecule has 11 nitrogen and oxygen atoms in total. The molecule has 1 fully saturated rings. The van der Waals surface area contributed by atoms with E-state index in [2.05, 4.69) is 20.9 Å². The van der Waals surface area contributed by atoms with Gasteiger partial charge < -0.3 is 25.4 Å². The number of imide groups is 1. The predicted molar refractivity (Wildman–Crippen MR) is 150 cm³/mol. The van der Waals surface area contributed by atoms with Crippen LogP contribution >= 0.6 is 0 Å². The van der Waals surface area contributed by atoms with Crippen LogP contribution in [-0.2, 0) is 22.6 Å². The van der Waals surface area contributed by atoms with Crippen LogP contribution in [0.1, 0.15) is 36.6 Å². The highest BCUT2D eigenvalue weighted by atomic mass is 16.6. The number of rotatable bonds is 10. The van der Waals surface area contributed by atoms with E-state index in [1.165, 1.54) is 12.3 Å². The number of β-lactam (4-membered cyclic amide) rings is 1. The van der Waals surface area contributed by atoms with Crippen LogP contribution in [-0.4, -0.2) is 53.5 Å². The van der Waals surface area contributed by atoms with Crippen molar-refractivity contribution in [2.24, 2.45) is 5.92 Å². The van der Waals surface area contributed by atoms with Gasteiger partial charge in [-0.15, -0.1) is 0 Å². The number of pyridine rings is 1. The number of hydrogen-bond donors (Lipinski definition) is 3. The summed E-state index contributed by atoms with van der Waals surface area (Å²) < 4.78 is 10.4. The number of nitrogens with one attached hydrogen (secondary N) is 3. The summed E-state index contributed by atoms with van der Waals surface area (Å²) in [5.41, 5.74) is 2.36. The number of urea groups is 1. The lowest BCUT2D eigenvalue weighted by Gasteiger charge is -2.44. The van der Waals surface area contributed by atoms with Crippen molar-refractivity contribution in [3.05, 3.63) is 89.6 Å². The van der Waals surface area contributed by atoms with Crippen LogP contribution < -0.4 is 25.4 Å². The smallest absolute Gasteiger partial charge is 0.414 e. The maximum atomic E-state index is 13.1. The van der Waals surface area contributed by atoms with Crippen LogP contribution in [0.3, 0.4) is 0 Å². The number of carbonyl (C=O) groups is 4. The first-order chi connectivity index (χ1) is 19.8.